The Morgan fingerprint density at radius 1 is 1.15 bits per heavy atom. The van der Waals surface area contributed by atoms with E-state index in [9.17, 15) is 9.59 Å². The van der Waals surface area contributed by atoms with Gasteiger partial charge in [-0.25, -0.2) is 0 Å². The van der Waals surface area contributed by atoms with E-state index in [2.05, 4.69) is 5.32 Å². The van der Waals surface area contributed by atoms with Crippen molar-refractivity contribution < 1.29 is 9.59 Å². The Kier molecular flexibility index (Phi) is 5.09. The van der Waals surface area contributed by atoms with Gasteiger partial charge in [-0.2, -0.15) is 0 Å². The highest BCUT2D eigenvalue weighted by Gasteiger charge is 2.11. The van der Waals surface area contributed by atoms with Crippen LogP contribution in [0.25, 0.3) is 0 Å². The second-order valence-electron chi connectivity index (χ2n) is 4.64. The molecule has 0 atom stereocenters. The van der Waals surface area contributed by atoms with Gasteiger partial charge in [-0.05, 0) is 43.0 Å². The van der Waals surface area contributed by atoms with Crippen LogP contribution in [0.15, 0.2) is 23.6 Å². The van der Waals surface area contributed by atoms with Crippen LogP contribution in [0.2, 0.25) is 0 Å². The molecule has 5 heteroatoms. The average Bonchev–Trinajstić information content (AvgIpc) is 3.02. The van der Waals surface area contributed by atoms with E-state index >= 15 is 0 Å². The minimum absolute atomic E-state index is 0.0468. The molecule has 2 aromatic heterocycles. The Bertz CT molecular complexity index is 613. The molecule has 0 radical (unpaired) electrons. The maximum Gasteiger partial charge on any atom is 0.220 e. The number of Topliss-reactive ketones (excluding diaryl/α,β-unsaturated/α-hetero) is 1. The second kappa shape index (κ2) is 6.81. The van der Waals surface area contributed by atoms with Gasteiger partial charge in [0.15, 0.2) is 5.78 Å². The number of carbonyl (C=O) groups is 2. The van der Waals surface area contributed by atoms with Crippen molar-refractivity contribution >= 4 is 34.4 Å². The summed E-state index contributed by atoms with van der Waals surface area (Å²) in [5, 5.41) is 4.87. The Morgan fingerprint density at radius 2 is 1.95 bits per heavy atom. The van der Waals surface area contributed by atoms with Crippen LogP contribution in [0.3, 0.4) is 0 Å². The quantitative estimate of drug-likeness (QED) is 0.827. The first-order valence-corrected chi connectivity index (χ1v) is 8.15. The molecule has 3 nitrogen and oxygen atoms in total. The zero-order chi connectivity index (χ0) is 14.5. The fourth-order valence-electron chi connectivity index (χ4n) is 1.79. The lowest BCUT2D eigenvalue weighted by atomic mass is 10.2. The van der Waals surface area contributed by atoms with Gasteiger partial charge < -0.3 is 5.32 Å². The molecule has 2 heterocycles. The van der Waals surface area contributed by atoms with E-state index in [0.717, 1.165) is 9.75 Å². The predicted octanol–water partition coefficient (Wildman–Crippen LogP) is 3.71. The van der Waals surface area contributed by atoms with Crippen molar-refractivity contribution in [2.24, 2.45) is 0 Å². The molecule has 0 saturated carbocycles. The predicted molar refractivity (Wildman–Crippen MR) is 83.5 cm³/mol. The van der Waals surface area contributed by atoms with E-state index < -0.39 is 0 Å². The topological polar surface area (TPSA) is 46.2 Å². The van der Waals surface area contributed by atoms with Crippen molar-refractivity contribution in [3.8, 4) is 0 Å². The molecule has 106 valence electrons. The molecular formula is C15H17NO2S2. The summed E-state index contributed by atoms with van der Waals surface area (Å²) in [6.45, 7) is 4.55. The molecule has 0 unspecified atom stereocenters. The fourth-order valence-corrected chi connectivity index (χ4v) is 3.47. The molecule has 2 aromatic rings. The van der Waals surface area contributed by atoms with Crippen molar-refractivity contribution in [1.29, 1.82) is 0 Å². The van der Waals surface area contributed by atoms with Crippen LogP contribution in [-0.2, 0) is 11.3 Å². The van der Waals surface area contributed by atoms with Crippen LogP contribution in [0, 0.1) is 13.8 Å². The summed E-state index contributed by atoms with van der Waals surface area (Å²) in [4.78, 5) is 26.6. The molecule has 0 aromatic carbocycles. The van der Waals surface area contributed by atoms with Gasteiger partial charge in [0.25, 0.3) is 0 Å². The Balaban J connectivity index is 1.75. The molecule has 0 fully saturated rings. The smallest absolute Gasteiger partial charge is 0.220 e. The minimum atomic E-state index is -0.0700. The second-order valence-corrected chi connectivity index (χ2v) is 6.93. The highest BCUT2D eigenvalue weighted by Crippen LogP contribution is 2.18. The molecule has 0 bridgehead atoms. The van der Waals surface area contributed by atoms with E-state index in [-0.39, 0.29) is 24.5 Å². The van der Waals surface area contributed by atoms with Crippen molar-refractivity contribution in [2.45, 2.75) is 33.2 Å². The summed E-state index contributed by atoms with van der Waals surface area (Å²) in [5.41, 5.74) is 1.19. The number of amides is 1. The summed E-state index contributed by atoms with van der Waals surface area (Å²) in [5.74, 6) is -0.0232. The van der Waals surface area contributed by atoms with Gasteiger partial charge >= 0.3 is 0 Å². The van der Waals surface area contributed by atoms with Crippen LogP contribution in [0.5, 0.6) is 0 Å². The maximum atomic E-state index is 11.9. The third kappa shape index (κ3) is 4.02. The van der Waals surface area contributed by atoms with Crippen LogP contribution in [0.4, 0.5) is 0 Å². The summed E-state index contributed by atoms with van der Waals surface area (Å²) < 4.78 is 0. The van der Waals surface area contributed by atoms with Crippen molar-refractivity contribution in [3.05, 3.63) is 43.8 Å². The number of thiophene rings is 2. The number of nitrogens with one attached hydrogen (secondary N) is 1. The Hall–Kier alpha value is -1.46. The standard InChI is InChI=1S/C15H17NO2S2/c1-10-7-8-19-14(10)9-16-15(18)6-4-12(17)13-5-3-11(2)20-13/h3,5,7-8H,4,6,9H2,1-2H3,(H,16,18). The van der Waals surface area contributed by atoms with Crippen LogP contribution < -0.4 is 5.32 Å². The fraction of sp³-hybridized carbons (Fsp3) is 0.333. The average molecular weight is 307 g/mol. The monoisotopic (exact) mass is 307 g/mol. The molecular weight excluding hydrogens is 290 g/mol. The zero-order valence-corrected chi connectivity index (χ0v) is 13.2. The molecule has 1 amide bonds. The summed E-state index contributed by atoms with van der Waals surface area (Å²) in [6, 6.07) is 5.79. The minimum Gasteiger partial charge on any atom is -0.351 e. The molecule has 0 aliphatic rings. The number of ketones is 1. The first-order chi connectivity index (χ1) is 9.56. The van der Waals surface area contributed by atoms with Gasteiger partial charge in [-0.3, -0.25) is 9.59 Å². The van der Waals surface area contributed by atoms with E-state index in [1.807, 2.05) is 37.4 Å². The van der Waals surface area contributed by atoms with Gasteiger partial charge in [-0.15, -0.1) is 22.7 Å². The molecule has 0 aliphatic heterocycles. The number of carbonyl (C=O) groups excluding carboxylic acids is 2. The molecule has 20 heavy (non-hydrogen) atoms. The largest absolute Gasteiger partial charge is 0.351 e. The lowest BCUT2D eigenvalue weighted by molar-refractivity contribution is -0.121. The Labute approximate surface area is 126 Å². The lowest BCUT2D eigenvalue weighted by Gasteiger charge is -2.04. The molecule has 0 spiro atoms. The lowest BCUT2D eigenvalue weighted by Crippen LogP contribution is -2.23. The van der Waals surface area contributed by atoms with Crippen LogP contribution in [0.1, 0.15) is 37.8 Å². The molecule has 2 rings (SSSR count). The van der Waals surface area contributed by atoms with E-state index in [1.165, 1.54) is 21.8 Å². The first kappa shape index (κ1) is 14.9. The van der Waals surface area contributed by atoms with Crippen LogP contribution in [-0.4, -0.2) is 11.7 Å². The highest BCUT2D eigenvalue weighted by molar-refractivity contribution is 7.14. The van der Waals surface area contributed by atoms with E-state index in [4.69, 9.17) is 0 Å². The highest BCUT2D eigenvalue weighted by atomic mass is 32.1. The maximum absolute atomic E-state index is 11.9. The van der Waals surface area contributed by atoms with E-state index in [1.54, 1.807) is 11.3 Å². The Morgan fingerprint density at radius 3 is 2.55 bits per heavy atom. The van der Waals surface area contributed by atoms with Crippen molar-refractivity contribution in [1.82, 2.24) is 5.32 Å². The summed E-state index contributed by atoms with van der Waals surface area (Å²) >= 11 is 3.12. The summed E-state index contributed by atoms with van der Waals surface area (Å²) in [7, 11) is 0. The third-order valence-electron chi connectivity index (χ3n) is 3.01. The molecule has 1 N–H and O–H groups in total. The van der Waals surface area contributed by atoms with Gasteiger partial charge in [0, 0.05) is 22.6 Å². The van der Waals surface area contributed by atoms with Gasteiger partial charge in [0.05, 0.1) is 11.4 Å². The van der Waals surface area contributed by atoms with Crippen molar-refractivity contribution in [2.75, 3.05) is 0 Å². The number of hydrogen-bond donors (Lipinski definition) is 1. The van der Waals surface area contributed by atoms with Crippen LogP contribution >= 0.6 is 22.7 Å². The normalized spacial score (nSPS) is 10.5. The number of rotatable bonds is 6. The van der Waals surface area contributed by atoms with Crippen molar-refractivity contribution in [3.63, 3.8) is 0 Å². The van der Waals surface area contributed by atoms with Gasteiger partial charge in [0.1, 0.15) is 0 Å². The van der Waals surface area contributed by atoms with E-state index in [0.29, 0.717) is 6.54 Å². The third-order valence-corrected chi connectivity index (χ3v) is 5.07. The van der Waals surface area contributed by atoms with Gasteiger partial charge in [-0.1, -0.05) is 0 Å². The SMILES string of the molecule is Cc1ccc(C(=O)CCC(=O)NCc2sccc2C)s1. The molecule has 0 aliphatic carbocycles. The summed E-state index contributed by atoms with van der Waals surface area (Å²) in [6.07, 6.45) is 0.523. The number of aryl methyl sites for hydroxylation is 2. The zero-order valence-electron chi connectivity index (χ0n) is 11.6. The van der Waals surface area contributed by atoms with Gasteiger partial charge in [0.2, 0.25) is 5.91 Å². The number of hydrogen-bond acceptors (Lipinski definition) is 4. The first-order valence-electron chi connectivity index (χ1n) is 6.45. The molecule has 0 saturated heterocycles.